The van der Waals surface area contributed by atoms with Gasteiger partial charge in [-0.3, -0.25) is 9.88 Å². The fourth-order valence-corrected chi connectivity index (χ4v) is 2.52. The highest BCUT2D eigenvalue weighted by Crippen LogP contribution is 2.20. The zero-order chi connectivity index (χ0) is 12.1. The summed E-state index contributed by atoms with van der Waals surface area (Å²) in [7, 11) is 2.21. The minimum atomic E-state index is 0. The molecule has 0 aromatic carbocycles. The summed E-state index contributed by atoms with van der Waals surface area (Å²) in [6, 6.07) is 4.63. The maximum atomic E-state index is 4.20. The van der Waals surface area contributed by atoms with Gasteiger partial charge in [-0.15, -0.1) is 12.4 Å². The number of nitrogens with one attached hydrogen (secondary N) is 1. The summed E-state index contributed by atoms with van der Waals surface area (Å²) < 4.78 is 0. The number of nitrogens with zero attached hydrogens (tertiary/aromatic N) is 2. The molecule has 3 nitrogen and oxygen atoms in total. The fraction of sp³-hybridized carbons (Fsp3) is 0.643. The molecule has 0 radical (unpaired) electrons. The first-order chi connectivity index (χ1) is 8.27. The molecule has 102 valence electrons. The van der Waals surface area contributed by atoms with Crippen LogP contribution in [0.3, 0.4) is 0 Å². The lowest BCUT2D eigenvalue weighted by molar-refractivity contribution is 0.199. The number of halogens is 1. The molecule has 1 aliphatic rings. The van der Waals surface area contributed by atoms with Crippen LogP contribution in [0.4, 0.5) is 0 Å². The summed E-state index contributed by atoms with van der Waals surface area (Å²) in [5.74, 6) is 0.799. The van der Waals surface area contributed by atoms with Gasteiger partial charge in [0.05, 0.1) is 0 Å². The maximum absolute atomic E-state index is 4.20. The van der Waals surface area contributed by atoms with Crippen molar-refractivity contribution in [1.29, 1.82) is 0 Å². The zero-order valence-electron chi connectivity index (χ0n) is 11.3. The molecule has 1 N–H and O–H groups in total. The molecule has 2 unspecified atom stereocenters. The predicted molar refractivity (Wildman–Crippen MR) is 78.1 cm³/mol. The second-order valence-electron chi connectivity index (χ2n) is 5.11. The van der Waals surface area contributed by atoms with Gasteiger partial charge >= 0.3 is 0 Å². The van der Waals surface area contributed by atoms with Crippen molar-refractivity contribution in [3.63, 3.8) is 0 Å². The number of hydrogen-bond donors (Lipinski definition) is 1. The largest absolute Gasteiger partial charge is 0.316 e. The van der Waals surface area contributed by atoms with E-state index in [1.54, 1.807) is 0 Å². The summed E-state index contributed by atoms with van der Waals surface area (Å²) >= 11 is 0. The highest BCUT2D eigenvalue weighted by molar-refractivity contribution is 5.85. The molecule has 1 aromatic heterocycles. The molecule has 0 spiro atoms. The number of pyridine rings is 1. The number of aromatic nitrogens is 1. The minimum absolute atomic E-state index is 0. The van der Waals surface area contributed by atoms with Crippen molar-refractivity contribution in [1.82, 2.24) is 15.2 Å². The molecule has 1 aromatic rings. The summed E-state index contributed by atoms with van der Waals surface area (Å²) in [5.41, 5.74) is 1.30. The predicted octanol–water partition coefficient (Wildman–Crippen LogP) is 2.50. The Morgan fingerprint density at radius 1 is 1.56 bits per heavy atom. The summed E-state index contributed by atoms with van der Waals surface area (Å²) in [5, 5.41) is 3.48. The number of hydrogen-bond acceptors (Lipinski definition) is 3. The van der Waals surface area contributed by atoms with Crippen molar-refractivity contribution in [2.24, 2.45) is 5.92 Å². The van der Waals surface area contributed by atoms with E-state index in [2.05, 4.69) is 35.2 Å². The Bertz CT molecular complexity index is 325. The Kier molecular flexibility index (Phi) is 6.61. The molecule has 0 saturated carbocycles. The molecule has 18 heavy (non-hydrogen) atoms. The van der Waals surface area contributed by atoms with Crippen LogP contribution >= 0.6 is 12.4 Å². The number of rotatable bonds is 4. The van der Waals surface area contributed by atoms with Crippen LogP contribution in [0.25, 0.3) is 0 Å². The fourth-order valence-electron chi connectivity index (χ4n) is 2.52. The molecule has 2 heterocycles. The lowest BCUT2D eigenvalue weighted by Crippen LogP contribution is -2.37. The molecular weight excluding hydrogens is 246 g/mol. The van der Waals surface area contributed by atoms with Gasteiger partial charge in [0.25, 0.3) is 0 Å². The van der Waals surface area contributed by atoms with E-state index in [0.717, 1.165) is 5.92 Å². The Labute approximate surface area is 116 Å². The third kappa shape index (κ3) is 4.23. The second-order valence-corrected chi connectivity index (χ2v) is 5.11. The van der Waals surface area contributed by atoms with Gasteiger partial charge in [0, 0.05) is 25.0 Å². The molecule has 2 rings (SSSR count). The molecule has 4 heteroatoms. The number of piperidine rings is 1. The van der Waals surface area contributed by atoms with E-state index >= 15 is 0 Å². The van der Waals surface area contributed by atoms with Crippen molar-refractivity contribution < 1.29 is 0 Å². The molecule has 0 amide bonds. The topological polar surface area (TPSA) is 28.2 Å². The van der Waals surface area contributed by atoms with Crippen LogP contribution < -0.4 is 5.32 Å². The van der Waals surface area contributed by atoms with Crippen LogP contribution in [0, 0.1) is 5.92 Å². The quantitative estimate of drug-likeness (QED) is 0.910. The average Bonchev–Trinajstić information content (AvgIpc) is 2.40. The highest BCUT2D eigenvalue weighted by atomic mass is 35.5. The van der Waals surface area contributed by atoms with E-state index in [4.69, 9.17) is 0 Å². The zero-order valence-corrected chi connectivity index (χ0v) is 12.1. The molecule has 1 aliphatic heterocycles. The molecule has 2 atom stereocenters. The Morgan fingerprint density at radius 3 is 3.00 bits per heavy atom. The van der Waals surface area contributed by atoms with Crippen LogP contribution in [-0.2, 0) is 0 Å². The SMILES string of the molecule is CC(c1cccnc1)N(C)CC1CCCNC1.Cl. The lowest BCUT2D eigenvalue weighted by Gasteiger charge is -2.31. The van der Waals surface area contributed by atoms with Crippen LogP contribution in [0.5, 0.6) is 0 Å². The highest BCUT2D eigenvalue weighted by Gasteiger charge is 2.18. The van der Waals surface area contributed by atoms with Gasteiger partial charge in [-0.05, 0) is 57.5 Å². The first-order valence-electron chi connectivity index (χ1n) is 6.58. The average molecular weight is 270 g/mol. The van der Waals surface area contributed by atoms with Crippen LogP contribution in [0.15, 0.2) is 24.5 Å². The van der Waals surface area contributed by atoms with E-state index in [-0.39, 0.29) is 12.4 Å². The second kappa shape index (κ2) is 7.72. The molecule has 1 fully saturated rings. The summed E-state index contributed by atoms with van der Waals surface area (Å²) in [4.78, 5) is 6.64. The maximum Gasteiger partial charge on any atom is 0.0332 e. The van der Waals surface area contributed by atoms with Gasteiger partial charge in [-0.1, -0.05) is 6.07 Å². The van der Waals surface area contributed by atoms with Crippen molar-refractivity contribution in [3.8, 4) is 0 Å². The lowest BCUT2D eigenvalue weighted by atomic mass is 9.98. The van der Waals surface area contributed by atoms with E-state index < -0.39 is 0 Å². The first kappa shape index (κ1) is 15.4. The molecule has 0 aliphatic carbocycles. The summed E-state index contributed by atoms with van der Waals surface area (Å²) in [6.07, 6.45) is 6.48. The Balaban J connectivity index is 0.00000162. The molecular formula is C14H24ClN3. The Morgan fingerprint density at radius 2 is 2.39 bits per heavy atom. The van der Waals surface area contributed by atoms with E-state index in [1.807, 2.05) is 18.5 Å². The standard InChI is InChI=1S/C14H23N3.ClH/c1-12(14-6-4-8-16-10-14)17(2)11-13-5-3-7-15-9-13;/h4,6,8,10,12-13,15H,3,5,7,9,11H2,1-2H3;1H. The van der Waals surface area contributed by atoms with E-state index in [1.165, 1.54) is 38.0 Å². The van der Waals surface area contributed by atoms with Gasteiger partial charge in [-0.2, -0.15) is 0 Å². The third-order valence-electron chi connectivity index (χ3n) is 3.77. The Hall–Kier alpha value is -0.640. The normalized spacial score (nSPS) is 21.4. The first-order valence-corrected chi connectivity index (χ1v) is 6.58. The van der Waals surface area contributed by atoms with Crippen LogP contribution in [-0.4, -0.2) is 36.6 Å². The van der Waals surface area contributed by atoms with Gasteiger partial charge in [-0.25, -0.2) is 0 Å². The van der Waals surface area contributed by atoms with Crippen LogP contribution in [0.1, 0.15) is 31.4 Å². The van der Waals surface area contributed by atoms with Crippen molar-refractivity contribution in [2.45, 2.75) is 25.8 Å². The van der Waals surface area contributed by atoms with Gasteiger partial charge in [0.15, 0.2) is 0 Å². The summed E-state index contributed by atoms with van der Waals surface area (Å²) in [6.45, 7) is 5.79. The van der Waals surface area contributed by atoms with Crippen molar-refractivity contribution in [3.05, 3.63) is 30.1 Å². The monoisotopic (exact) mass is 269 g/mol. The van der Waals surface area contributed by atoms with Crippen molar-refractivity contribution in [2.75, 3.05) is 26.7 Å². The molecule has 0 bridgehead atoms. The van der Waals surface area contributed by atoms with Crippen molar-refractivity contribution >= 4 is 12.4 Å². The van der Waals surface area contributed by atoms with Gasteiger partial charge in [0.1, 0.15) is 0 Å². The van der Waals surface area contributed by atoms with E-state index in [0.29, 0.717) is 6.04 Å². The smallest absolute Gasteiger partial charge is 0.0332 e. The van der Waals surface area contributed by atoms with Gasteiger partial charge in [0.2, 0.25) is 0 Å². The third-order valence-corrected chi connectivity index (χ3v) is 3.77. The minimum Gasteiger partial charge on any atom is -0.316 e. The van der Waals surface area contributed by atoms with Gasteiger partial charge < -0.3 is 5.32 Å². The molecule has 1 saturated heterocycles. The van der Waals surface area contributed by atoms with E-state index in [9.17, 15) is 0 Å². The van der Waals surface area contributed by atoms with Crippen LogP contribution in [0.2, 0.25) is 0 Å².